The van der Waals surface area contributed by atoms with Crippen molar-refractivity contribution in [2.45, 2.75) is 18.8 Å². The van der Waals surface area contributed by atoms with Gasteiger partial charge in [0.15, 0.2) is 5.82 Å². The van der Waals surface area contributed by atoms with Gasteiger partial charge in [-0.1, -0.05) is 30.3 Å². The average molecular weight is 439 g/mol. The minimum atomic E-state index is 0.465. The van der Waals surface area contributed by atoms with E-state index in [0.29, 0.717) is 5.92 Å². The summed E-state index contributed by atoms with van der Waals surface area (Å²) in [6, 6.07) is 14.5. The number of piperidine rings is 1. The summed E-state index contributed by atoms with van der Waals surface area (Å²) in [6.45, 7) is 1.88. The molecule has 1 fully saturated rings. The Bertz CT molecular complexity index is 1320. The number of hydrogen-bond acceptors (Lipinski definition) is 6. The maximum atomic E-state index is 5.10. The standard InChI is InChI=1S/C25H22N6S/c1-2-5-17(6-3-1)20-16-32-25-21(20)24(29-23(30-25)19-7-4-10-26-15-19)31-13-8-18(9-14-31)22-27-11-12-28-22/h1-7,10-12,15-16,18H,8-9,13-14H2,(H,27,28). The topological polar surface area (TPSA) is 70.6 Å². The molecule has 5 aromatic rings. The van der Waals surface area contributed by atoms with E-state index >= 15 is 0 Å². The predicted molar refractivity (Wildman–Crippen MR) is 129 cm³/mol. The van der Waals surface area contributed by atoms with E-state index in [-0.39, 0.29) is 0 Å². The maximum absolute atomic E-state index is 5.10. The van der Waals surface area contributed by atoms with Gasteiger partial charge in [-0.15, -0.1) is 11.3 Å². The van der Waals surface area contributed by atoms with E-state index in [0.717, 1.165) is 59.2 Å². The van der Waals surface area contributed by atoms with Crippen LogP contribution >= 0.6 is 11.3 Å². The van der Waals surface area contributed by atoms with Gasteiger partial charge in [0, 0.05) is 60.3 Å². The number of aromatic amines is 1. The summed E-state index contributed by atoms with van der Waals surface area (Å²) in [6.07, 6.45) is 9.46. The Kier molecular flexibility index (Phi) is 4.88. The number of benzene rings is 1. The lowest BCUT2D eigenvalue weighted by Gasteiger charge is -2.32. The fourth-order valence-electron chi connectivity index (χ4n) is 4.47. The van der Waals surface area contributed by atoms with Crippen LogP contribution in [0.4, 0.5) is 5.82 Å². The first-order valence-electron chi connectivity index (χ1n) is 10.9. The van der Waals surface area contributed by atoms with E-state index in [2.05, 4.69) is 55.6 Å². The number of hydrogen-bond donors (Lipinski definition) is 1. The lowest BCUT2D eigenvalue weighted by Crippen LogP contribution is -2.34. The van der Waals surface area contributed by atoms with Gasteiger partial charge in [0.25, 0.3) is 0 Å². The van der Waals surface area contributed by atoms with Crippen LogP contribution in [-0.4, -0.2) is 38.0 Å². The first-order valence-corrected chi connectivity index (χ1v) is 11.7. The monoisotopic (exact) mass is 438 g/mol. The molecule has 0 spiro atoms. The molecule has 5 heterocycles. The van der Waals surface area contributed by atoms with E-state index in [1.165, 1.54) is 11.1 Å². The summed E-state index contributed by atoms with van der Waals surface area (Å²) >= 11 is 1.68. The highest BCUT2D eigenvalue weighted by Crippen LogP contribution is 2.41. The van der Waals surface area contributed by atoms with Crippen molar-refractivity contribution in [3.8, 4) is 22.5 Å². The number of nitrogens with one attached hydrogen (secondary N) is 1. The van der Waals surface area contributed by atoms with Gasteiger partial charge in [-0.2, -0.15) is 0 Å². The maximum Gasteiger partial charge on any atom is 0.164 e. The molecule has 1 aliphatic heterocycles. The first-order chi connectivity index (χ1) is 15.9. The molecule has 7 heteroatoms. The summed E-state index contributed by atoms with van der Waals surface area (Å²) in [5.74, 6) is 3.31. The number of pyridine rings is 1. The summed E-state index contributed by atoms with van der Waals surface area (Å²) in [5, 5.41) is 3.35. The van der Waals surface area contributed by atoms with Crippen molar-refractivity contribution in [1.82, 2.24) is 24.9 Å². The second-order valence-electron chi connectivity index (χ2n) is 8.04. The minimum Gasteiger partial charge on any atom is -0.356 e. The van der Waals surface area contributed by atoms with Crippen LogP contribution in [-0.2, 0) is 0 Å². The van der Waals surface area contributed by atoms with Gasteiger partial charge in [0.05, 0.1) is 5.39 Å². The van der Waals surface area contributed by atoms with E-state index in [1.54, 1.807) is 17.5 Å². The molecule has 0 aliphatic carbocycles. The van der Waals surface area contributed by atoms with E-state index < -0.39 is 0 Å². The fraction of sp³-hybridized carbons (Fsp3) is 0.200. The highest BCUT2D eigenvalue weighted by molar-refractivity contribution is 7.17. The normalized spacial score (nSPS) is 14.8. The molecule has 0 amide bonds. The van der Waals surface area contributed by atoms with Crippen molar-refractivity contribution in [3.63, 3.8) is 0 Å². The minimum absolute atomic E-state index is 0.465. The van der Waals surface area contributed by atoms with Crippen molar-refractivity contribution in [2.75, 3.05) is 18.0 Å². The molecule has 6 nitrogen and oxygen atoms in total. The fourth-order valence-corrected chi connectivity index (χ4v) is 5.41. The lowest BCUT2D eigenvalue weighted by atomic mass is 9.95. The van der Waals surface area contributed by atoms with Crippen LogP contribution in [0.3, 0.4) is 0 Å². The molecule has 32 heavy (non-hydrogen) atoms. The molecule has 0 unspecified atom stereocenters. The second-order valence-corrected chi connectivity index (χ2v) is 8.90. The molecule has 4 aromatic heterocycles. The number of rotatable bonds is 4. The summed E-state index contributed by atoms with van der Waals surface area (Å²) < 4.78 is 0. The summed E-state index contributed by atoms with van der Waals surface area (Å²) in [4.78, 5) is 25.5. The van der Waals surface area contributed by atoms with Gasteiger partial charge < -0.3 is 9.88 Å². The van der Waals surface area contributed by atoms with Crippen molar-refractivity contribution in [1.29, 1.82) is 0 Å². The molecule has 1 saturated heterocycles. The summed E-state index contributed by atoms with van der Waals surface area (Å²) in [5.41, 5.74) is 3.34. The SMILES string of the molecule is c1ccc(-c2csc3nc(-c4cccnc4)nc(N4CCC(c5ncc[nH]5)CC4)c23)cc1. The van der Waals surface area contributed by atoms with Crippen LogP contribution in [0, 0.1) is 0 Å². The first kappa shape index (κ1) is 19.1. The van der Waals surface area contributed by atoms with Crippen LogP contribution in [0.1, 0.15) is 24.6 Å². The zero-order valence-electron chi connectivity index (χ0n) is 17.5. The molecule has 0 atom stereocenters. The molecule has 1 aliphatic rings. The van der Waals surface area contributed by atoms with Gasteiger partial charge in [-0.25, -0.2) is 15.0 Å². The van der Waals surface area contributed by atoms with Crippen LogP contribution < -0.4 is 4.90 Å². The number of imidazole rings is 1. The Morgan fingerprint density at radius 2 is 1.78 bits per heavy atom. The zero-order chi connectivity index (χ0) is 21.3. The molecule has 0 saturated carbocycles. The highest BCUT2D eigenvalue weighted by Gasteiger charge is 2.26. The van der Waals surface area contributed by atoms with Crippen molar-refractivity contribution in [3.05, 3.63) is 78.5 Å². The van der Waals surface area contributed by atoms with E-state index in [1.807, 2.05) is 30.7 Å². The van der Waals surface area contributed by atoms with Crippen molar-refractivity contribution < 1.29 is 0 Å². The Balaban J connectivity index is 1.45. The Labute approximate surface area is 190 Å². The molecule has 1 aromatic carbocycles. The largest absolute Gasteiger partial charge is 0.356 e. The van der Waals surface area contributed by atoms with Crippen molar-refractivity contribution >= 4 is 27.4 Å². The van der Waals surface area contributed by atoms with Crippen LogP contribution in [0.5, 0.6) is 0 Å². The number of anilines is 1. The number of H-pyrrole nitrogens is 1. The number of thiophene rings is 1. The molecule has 0 radical (unpaired) electrons. The molecular formula is C25H22N6S. The van der Waals surface area contributed by atoms with Gasteiger partial charge in [0.1, 0.15) is 16.5 Å². The molecule has 0 bridgehead atoms. The average Bonchev–Trinajstić information content (AvgIpc) is 3.55. The zero-order valence-corrected chi connectivity index (χ0v) is 18.3. The van der Waals surface area contributed by atoms with Gasteiger partial charge in [-0.3, -0.25) is 4.98 Å². The third-order valence-electron chi connectivity index (χ3n) is 6.12. The van der Waals surface area contributed by atoms with E-state index in [4.69, 9.17) is 9.97 Å². The van der Waals surface area contributed by atoms with Gasteiger partial charge >= 0.3 is 0 Å². The smallest absolute Gasteiger partial charge is 0.164 e. The number of aromatic nitrogens is 5. The highest BCUT2D eigenvalue weighted by atomic mass is 32.1. The molecule has 1 N–H and O–H groups in total. The van der Waals surface area contributed by atoms with Crippen LogP contribution in [0.15, 0.2) is 72.6 Å². The third kappa shape index (κ3) is 3.44. The van der Waals surface area contributed by atoms with Crippen LogP contribution in [0.2, 0.25) is 0 Å². The Hall–Kier alpha value is -3.58. The van der Waals surface area contributed by atoms with Crippen molar-refractivity contribution in [2.24, 2.45) is 0 Å². The lowest BCUT2D eigenvalue weighted by molar-refractivity contribution is 0.487. The number of nitrogens with zero attached hydrogens (tertiary/aromatic N) is 5. The van der Waals surface area contributed by atoms with Gasteiger partial charge in [-0.05, 0) is 30.5 Å². The quantitative estimate of drug-likeness (QED) is 0.400. The Morgan fingerprint density at radius 3 is 2.53 bits per heavy atom. The number of fused-ring (bicyclic) bond motifs is 1. The predicted octanol–water partition coefficient (Wildman–Crippen LogP) is 5.53. The molecular weight excluding hydrogens is 416 g/mol. The van der Waals surface area contributed by atoms with Gasteiger partial charge in [0.2, 0.25) is 0 Å². The van der Waals surface area contributed by atoms with E-state index in [9.17, 15) is 0 Å². The van der Waals surface area contributed by atoms with Crippen LogP contribution in [0.25, 0.3) is 32.7 Å². The molecule has 158 valence electrons. The Morgan fingerprint density at radius 1 is 0.938 bits per heavy atom. The third-order valence-corrected chi connectivity index (χ3v) is 6.99. The summed E-state index contributed by atoms with van der Waals surface area (Å²) in [7, 11) is 0. The molecule has 6 rings (SSSR count). The second kappa shape index (κ2) is 8.16.